The maximum Gasteiger partial charge on any atom is 0.241 e. The molecule has 2 N–H and O–H groups in total. The van der Waals surface area contributed by atoms with E-state index in [-0.39, 0.29) is 11.4 Å². The zero-order valence-corrected chi connectivity index (χ0v) is 14.2. The van der Waals surface area contributed by atoms with Crippen molar-refractivity contribution in [2.45, 2.75) is 25.7 Å². The number of anilines is 1. The standard InChI is InChI=1S/C17H20N2O3S/c1-12-5-4-6-16(9-12)23(21,22)18-11-17(20)19-15-8-7-13(2)14(3)10-15/h4-10,18H,11H2,1-3H3,(H,19,20). The van der Waals surface area contributed by atoms with E-state index in [4.69, 9.17) is 0 Å². The summed E-state index contributed by atoms with van der Waals surface area (Å²) in [6, 6.07) is 12.1. The van der Waals surface area contributed by atoms with E-state index < -0.39 is 15.9 Å². The summed E-state index contributed by atoms with van der Waals surface area (Å²) in [5.41, 5.74) is 3.67. The van der Waals surface area contributed by atoms with E-state index in [2.05, 4.69) is 10.0 Å². The van der Waals surface area contributed by atoms with Gasteiger partial charge in [0, 0.05) is 5.69 Å². The second-order valence-corrected chi connectivity index (χ2v) is 7.26. The Kier molecular flexibility index (Phi) is 5.18. The number of nitrogens with one attached hydrogen (secondary N) is 2. The van der Waals surface area contributed by atoms with E-state index in [1.807, 2.05) is 39.0 Å². The second kappa shape index (κ2) is 6.93. The minimum Gasteiger partial charge on any atom is -0.325 e. The van der Waals surface area contributed by atoms with Crippen LogP contribution in [0.4, 0.5) is 5.69 Å². The van der Waals surface area contributed by atoms with Crippen molar-refractivity contribution in [2.24, 2.45) is 0 Å². The molecule has 0 aliphatic heterocycles. The topological polar surface area (TPSA) is 75.3 Å². The molecule has 0 fully saturated rings. The van der Waals surface area contributed by atoms with Crippen LogP contribution in [-0.4, -0.2) is 20.9 Å². The van der Waals surface area contributed by atoms with Gasteiger partial charge < -0.3 is 5.32 Å². The molecule has 5 nitrogen and oxygen atoms in total. The van der Waals surface area contributed by atoms with Crippen molar-refractivity contribution >= 4 is 21.6 Å². The monoisotopic (exact) mass is 332 g/mol. The van der Waals surface area contributed by atoms with Crippen LogP contribution in [-0.2, 0) is 14.8 Å². The summed E-state index contributed by atoms with van der Waals surface area (Å²) in [6.45, 7) is 5.43. The fourth-order valence-corrected chi connectivity index (χ4v) is 3.14. The van der Waals surface area contributed by atoms with Crippen LogP contribution < -0.4 is 10.0 Å². The Hall–Kier alpha value is -2.18. The van der Waals surface area contributed by atoms with Crippen molar-refractivity contribution in [2.75, 3.05) is 11.9 Å². The summed E-state index contributed by atoms with van der Waals surface area (Å²) in [4.78, 5) is 12.1. The molecule has 0 bridgehead atoms. The summed E-state index contributed by atoms with van der Waals surface area (Å²) >= 11 is 0. The highest BCUT2D eigenvalue weighted by Crippen LogP contribution is 2.14. The normalized spacial score (nSPS) is 11.3. The van der Waals surface area contributed by atoms with Crippen LogP contribution >= 0.6 is 0 Å². The second-order valence-electron chi connectivity index (χ2n) is 5.49. The number of rotatable bonds is 5. The van der Waals surface area contributed by atoms with Gasteiger partial charge in [0.25, 0.3) is 0 Å². The molecule has 0 atom stereocenters. The zero-order chi connectivity index (χ0) is 17.0. The Morgan fingerprint density at radius 2 is 1.74 bits per heavy atom. The van der Waals surface area contributed by atoms with Gasteiger partial charge in [0.05, 0.1) is 11.4 Å². The van der Waals surface area contributed by atoms with Gasteiger partial charge in [0.2, 0.25) is 15.9 Å². The molecule has 2 aromatic carbocycles. The Balaban J connectivity index is 1.99. The van der Waals surface area contributed by atoms with Crippen molar-refractivity contribution in [1.82, 2.24) is 4.72 Å². The molecule has 0 aliphatic carbocycles. The van der Waals surface area contributed by atoms with E-state index in [9.17, 15) is 13.2 Å². The average molecular weight is 332 g/mol. The molecule has 0 saturated carbocycles. The SMILES string of the molecule is Cc1cccc(S(=O)(=O)NCC(=O)Nc2ccc(C)c(C)c2)c1. The van der Waals surface area contributed by atoms with Crippen molar-refractivity contribution < 1.29 is 13.2 Å². The van der Waals surface area contributed by atoms with Crippen LogP contribution in [0.25, 0.3) is 0 Å². The molecule has 122 valence electrons. The molecule has 0 unspecified atom stereocenters. The van der Waals surface area contributed by atoms with E-state index >= 15 is 0 Å². The lowest BCUT2D eigenvalue weighted by Crippen LogP contribution is -2.32. The van der Waals surface area contributed by atoms with E-state index in [1.54, 1.807) is 18.2 Å². The Labute approximate surface area is 136 Å². The first-order chi connectivity index (χ1) is 10.8. The summed E-state index contributed by atoms with van der Waals surface area (Å²) in [5.74, 6) is -0.413. The number of aryl methyl sites for hydroxylation is 3. The smallest absolute Gasteiger partial charge is 0.241 e. The first-order valence-corrected chi connectivity index (χ1v) is 8.70. The number of sulfonamides is 1. The van der Waals surface area contributed by atoms with Crippen LogP contribution in [0, 0.1) is 20.8 Å². The fourth-order valence-electron chi connectivity index (χ4n) is 2.05. The zero-order valence-electron chi connectivity index (χ0n) is 13.4. The maximum absolute atomic E-state index is 12.1. The first kappa shape index (κ1) is 17.2. The van der Waals surface area contributed by atoms with Crippen LogP contribution in [0.15, 0.2) is 47.4 Å². The number of hydrogen-bond acceptors (Lipinski definition) is 3. The highest BCUT2D eigenvalue weighted by molar-refractivity contribution is 7.89. The summed E-state index contributed by atoms with van der Waals surface area (Å²) in [7, 11) is -3.70. The predicted molar refractivity (Wildman–Crippen MR) is 90.9 cm³/mol. The van der Waals surface area contributed by atoms with Gasteiger partial charge in [-0.2, -0.15) is 0 Å². The third-order valence-corrected chi connectivity index (χ3v) is 4.91. The number of carbonyl (C=O) groups excluding carboxylic acids is 1. The molecule has 6 heteroatoms. The molecule has 0 heterocycles. The van der Waals surface area contributed by atoms with Crippen molar-refractivity contribution in [3.05, 3.63) is 59.2 Å². The average Bonchev–Trinajstić information content (AvgIpc) is 2.49. The van der Waals surface area contributed by atoms with Crippen molar-refractivity contribution in [3.63, 3.8) is 0 Å². The molecule has 0 aliphatic rings. The third-order valence-electron chi connectivity index (χ3n) is 3.51. The maximum atomic E-state index is 12.1. The molecule has 0 radical (unpaired) electrons. The minimum atomic E-state index is -3.70. The lowest BCUT2D eigenvalue weighted by molar-refractivity contribution is -0.115. The van der Waals surface area contributed by atoms with Crippen molar-refractivity contribution in [1.29, 1.82) is 0 Å². The summed E-state index contributed by atoms with van der Waals surface area (Å²) in [6.07, 6.45) is 0. The van der Waals surface area contributed by atoms with Gasteiger partial charge in [-0.15, -0.1) is 0 Å². The predicted octanol–water partition coefficient (Wildman–Crippen LogP) is 2.53. The lowest BCUT2D eigenvalue weighted by atomic mass is 10.1. The first-order valence-electron chi connectivity index (χ1n) is 7.21. The van der Waals surface area contributed by atoms with Crippen LogP contribution in [0.1, 0.15) is 16.7 Å². The molecular weight excluding hydrogens is 312 g/mol. The molecule has 2 rings (SSSR count). The molecule has 2 aromatic rings. The van der Waals surface area contributed by atoms with Gasteiger partial charge in [0.1, 0.15) is 0 Å². The highest BCUT2D eigenvalue weighted by atomic mass is 32.2. The lowest BCUT2D eigenvalue weighted by Gasteiger charge is -2.09. The van der Waals surface area contributed by atoms with Gasteiger partial charge in [0.15, 0.2) is 0 Å². The summed E-state index contributed by atoms with van der Waals surface area (Å²) in [5, 5.41) is 2.68. The third kappa shape index (κ3) is 4.64. The molecule has 1 amide bonds. The number of hydrogen-bond donors (Lipinski definition) is 2. The highest BCUT2D eigenvalue weighted by Gasteiger charge is 2.15. The molecule has 23 heavy (non-hydrogen) atoms. The van der Waals surface area contributed by atoms with Gasteiger partial charge in [-0.05, 0) is 61.7 Å². The van der Waals surface area contributed by atoms with Crippen molar-refractivity contribution in [3.8, 4) is 0 Å². The van der Waals surface area contributed by atoms with Gasteiger partial charge in [-0.25, -0.2) is 13.1 Å². The van der Waals surface area contributed by atoms with Crippen LogP contribution in [0.2, 0.25) is 0 Å². The van der Waals surface area contributed by atoms with Crippen LogP contribution in [0.5, 0.6) is 0 Å². The largest absolute Gasteiger partial charge is 0.325 e. The van der Waals surface area contributed by atoms with Gasteiger partial charge >= 0.3 is 0 Å². The van der Waals surface area contributed by atoms with Gasteiger partial charge in [-0.3, -0.25) is 4.79 Å². The minimum absolute atomic E-state index is 0.150. The van der Waals surface area contributed by atoms with E-state index in [0.717, 1.165) is 16.7 Å². The molecule has 0 spiro atoms. The Morgan fingerprint density at radius 1 is 1.00 bits per heavy atom. The van der Waals surface area contributed by atoms with E-state index in [1.165, 1.54) is 6.07 Å². The molecule has 0 aromatic heterocycles. The summed E-state index contributed by atoms with van der Waals surface area (Å²) < 4.78 is 26.6. The number of amides is 1. The van der Waals surface area contributed by atoms with E-state index in [0.29, 0.717) is 5.69 Å². The molecule has 0 saturated heterocycles. The Morgan fingerprint density at radius 3 is 2.39 bits per heavy atom. The molecular formula is C17H20N2O3S. The number of benzene rings is 2. The Bertz CT molecular complexity index is 829. The van der Waals surface area contributed by atoms with Gasteiger partial charge in [-0.1, -0.05) is 18.2 Å². The van der Waals surface area contributed by atoms with Crippen LogP contribution in [0.3, 0.4) is 0 Å². The number of carbonyl (C=O) groups is 1. The quantitative estimate of drug-likeness (QED) is 0.883. The fraction of sp³-hybridized carbons (Fsp3) is 0.235.